The Morgan fingerprint density at radius 2 is 1.83 bits per heavy atom. The highest BCUT2D eigenvalue weighted by Gasteiger charge is 2.15. The van der Waals surface area contributed by atoms with Crippen molar-refractivity contribution in [3.63, 3.8) is 0 Å². The molecule has 2 aromatic rings. The number of methoxy groups -OCH3 is 1. The molecule has 2 N–H and O–H groups in total. The quantitative estimate of drug-likeness (QED) is 0.515. The summed E-state index contributed by atoms with van der Waals surface area (Å²) in [6, 6.07) is 11.1. The van der Waals surface area contributed by atoms with Crippen LogP contribution in [0.3, 0.4) is 0 Å². The van der Waals surface area contributed by atoms with Gasteiger partial charge in [0.05, 0.1) is 17.4 Å². The van der Waals surface area contributed by atoms with E-state index in [0.717, 1.165) is 22.6 Å². The molecule has 7 heteroatoms. The lowest BCUT2D eigenvalue weighted by Gasteiger charge is -2.13. The predicted octanol–water partition coefficient (Wildman–Crippen LogP) is 5.44. The number of anilines is 2. The van der Waals surface area contributed by atoms with Crippen molar-refractivity contribution in [2.75, 3.05) is 23.5 Å². The second-order valence-electron chi connectivity index (χ2n) is 6.77. The van der Waals surface area contributed by atoms with E-state index in [4.69, 9.17) is 16.3 Å². The molecule has 2 rings (SSSR count). The third-order valence-corrected chi connectivity index (χ3v) is 5.98. The molecular formula is C22H27ClN2O3S. The van der Waals surface area contributed by atoms with E-state index in [1.807, 2.05) is 39.0 Å². The number of amides is 2. The third-order valence-electron chi connectivity index (χ3n) is 4.45. The van der Waals surface area contributed by atoms with Crippen LogP contribution in [0.25, 0.3) is 0 Å². The molecule has 0 unspecified atom stereocenters. The molecule has 5 nitrogen and oxygen atoms in total. The molecule has 156 valence electrons. The lowest BCUT2D eigenvalue weighted by atomic mass is 10.1. The number of benzene rings is 2. The van der Waals surface area contributed by atoms with E-state index in [1.165, 1.54) is 11.8 Å². The summed E-state index contributed by atoms with van der Waals surface area (Å²) >= 11 is 7.60. The minimum absolute atomic E-state index is 0.00650. The van der Waals surface area contributed by atoms with Crippen LogP contribution in [-0.2, 0) is 9.59 Å². The Morgan fingerprint density at radius 3 is 2.45 bits per heavy atom. The Kier molecular flexibility index (Phi) is 8.86. The number of aryl methyl sites for hydroxylation is 2. The maximum absolute atomic E-state index is 12.3. The van der Waals surface area contributed by atoms with Crippen molar-refractivity contribution in [1.29, 1.82) is 0 Å². The number of rotatable bonds is 9. The van der Waals surface area contributed by atoms with E-state index in [-0.39, 0.29) is 17.1 Å². The van der Waals surface area contributed by atoms with Crippen LogP contribution in [0, 0.1) is 13.8 Å². The standard InChI is InChI=1S/C22H27ClN2O3S/c1-14-7-5-8-15(2)21(14)25-20(26)9-6-12-29-16(3)22(27)24-17-10-11-19(28-4)18(23)13-17/h5,7-8,10-11,13,16H,6,9,12H2,1-4H3,(H,24,27)(H,25,26)/t16-/m0/s1. The maximum atomic E-state index is 12.3. The van der Waals surface area contributed by atoms with Crippen LogP contribution in [0.2, 0.25) is 5.02 Å². The fraction of sp³-hybridized carbons (Fsp3) is 0.364. The summed E-state index contributed by atoms with van der Waals surface area (Å²) in [6.45, 7) is 5.81. The van der Waals surface area contributed by atoms with Crippen LogP contribution in [0.5, 0.6) is 5.75 Å². The zero-order valence-electron chi connectivity index (χ0n) is 17.2. The number of carbonyl (C=O) groups excluding carboxylic acids is 2. The summed E-state index contributed by atoms with van der Waals surface area (Å²) in [5.41, 5.74) is 3.62. The SMILES string of the molecule is COc1ccc(NC(=O)[C@H](C)SCCCC(=O)Nc2c(C)cccc2C)cc1Cl. The van der Waals surface area contributed by atoms with E-state index in [0.29, 0.717) is 29.3 Å². The summed E-state index contributed by atoms with van der Waals surface area (Å²) in [7, 11) is 1.54. The van der Waals surface area contributed by atoms with Crippen LogP contribution in [0.15, 0.2) is 36.4 Å². The summed E-state index contributed by atoms with van der Waals surface area (Å²) in [5, 5.41) is 6.04. The molecule has 0 saturated carbocycles. The smallest absolute Gasteiger partial charge is 0.237 e. The number of nitrogens with one attached hydrogen (secondary N) is 2. The Morgan fingerprint density at radius 1 is 1.14 bits per heavy atom. The molecular weight excluding hydrogens is 408 g/mol. The van der Waals surface area contributed by atoms with Crippen LogP contribution in [-0.4, -0.2) is 29.9 Å². The van der Waals surface area contributed by atoms with E-state index in [2.05, 4.69) is 10.6 Å². The van der Waals surface area contributed by atoms with Gasteiger partial charge in [-0.2, -0.15) is 0 Å². The Bertz CT molecular complexity index is 853. The van der Waals surface area contributed by atoms with Crippen LogP contribution >= 0.6 is 23.4 Å². The molecule has 29 heavy (non-hydrogen) atoms. The Hall–Kier alpha value is -2.18. The maximum Gasteiger partial charge on any atom is 0.237 e. The molecule has 2 amide bonds. The van der Waals surface area contributed by atoms with Crippen molar-refractivity contribution in [1.82, 2.24) is 0 Å². The van der Waals surface area contributed by atoms with Gasteiger partial charge in [0.1, 0.15) is 5.75 Å². The first-order valence-electron chi connectivity index (χ1n) is 9.44. The molecule has 0 radical (unpaired) electrons. The predicted molar refractivity (Wildman–Crippen MR) is 122 cm³/mol. The molecule has 1 atom stereocenters. The van der Waals surface area contributed by atoms with Gasteiger partial charge in [-0.15, -0.1) is 11.8 Å². The van der Waals surface area contributed by atoms with Gasteiger partial charge in [-0.05, 0) is 62.3 Å². The first-order valence-corrected chi connectivity index (χ1v) is 10.9. The zero-order chi connectivity index (χ0) is 21.4. The Balaban J connectivity index is 1.73. The average molecular weight is 435 g/mol. The fourth-order valence-corrected chi connectivity index (χ4v) is 3.90. The number of hydrogen-bond acceptors (Lipinski definition) is 4. The lowest BCUT2D eigenvalue weighted by molar-refractivity contribution is -0.116. The van der Waals surface area contributed by atoms with Crippen LogP contribution in [0.4, 0.5) is 11.4 Å². The van der Waals surface area contributed by atoms with Crippen molar-refractivity contribution in [2.45, 2.75) is 38.9 Å². The number of para-hydroxylation sites is 1. The van der Waals surface area contributed by atoms with E-state index >= 15 is 0 Å². The zero-order valence-corrected chi connectivity index (χ0v) is 18.7. The van der Waals surface area contributed by atoms with E-state index < -0.39 is 0 Å². The molecule has 0 bridgehead atoms. The van der Waals surface area contributed by atoms with Gasteiger partial charge in [0.2, 0.25) is 11.8 Å². The molecule has 0 fully saturated rings. The van der Waals surface area contributed by atoms with Crippen LogP contribution in [0.1, 0.15) is 30.9 Å². The summed E-state index contributed by atoms with van der Waals surface area (Å²) in [5.74, 6) is 1.17. The van der Waals surface area contributed by atoms with Gasteiger partial charge in [0.15, 0.2) is 0 Å². The van der Waals surface area contributed by atoms with E-state index in [1.54, 1.807) is 25.3 Å². The largest absolute Gasteiger partial charge is 0.495 e. The second-order valence-corrected chi connectivity index (χ2v) is 8.63. The number of thioether (sulfide) groups is 1. The van der Waals surface area contributed by atoms with Crippen molar-refractivity contribution in [3.8, 4) is 5.75 Å². The van der Waals surface area contributed by atoms with Gasteiger partial charge in [-0.3, -0.25) is 9.59 Å². The monoisotopic (exact) mass is 434 g/mol. The van der Waals surface area contributed by atoms with Crippen molar-refractivity contribution in [3.05, 3.63) is 52.5 Å². The minimum Gasteiger partial charge on any atom is -0.495 e. The van der Waals surface area contributed by atoms with Gasteiger partial charge in [0.25, 0.3) is 0 Å². The van der Waals surface area contributed by atoms with Gasteiger partial charge >= 0.3 is 0 Å². The van der Waals surface area contributed by atoms with Crippen molar-refractivity contribution in [2.24, 2.45) is 0 Å². The highest BCUT2D eigenvalue weighted by Crippen LogP contribution is 2.27. The van der Waals surface area contributed by atoms with Gasteiger partial charge in [0, 0.05) is 17.8 Å². The summed E-state index contributed by atoms with van der Waals surface area (Å²) in [4.78, 5) is 24.5. The Labute approximate surface area is 181 Å². The molecule has 0 aromatic heterocycles. The van der Waals surface area contributed by atoms with Crippen molar-refractivity contribution < 1.29 is 14.3 Å². The lowest BCUT2D eigenvalue weighted by Crippen LogP contribution is -2.23. The number of ether oxygens (including phenoxy) is 1. The summed E-state index contributed by atoms with van der Waals surface area (Å²) < 4.78 is 5.11. The first kappa shape index (κ1) is 23.1. The summed E-state index contributed by atoms with van der Waals surface area (Å²) in [6.07, 6.45) is 1.12. The molecule has 0 aliphatic heterocycles. The van der Waals surface area contributed by atoms with Gasteiger partial charge < -0.3 is 15.4 Å². The average Bonchev–Trinajstić information content (AvgIpc) is 2.68. The minimum atomic E-state index is -0.238. The van der Waals surface area contributed by atoms with Crippen LogP contribution < -0.4 is 15.4 Å². The fourth-order valence-electron chi connectivity index (χ4n) is 2.77. The molecule has 0 heterocycles. The van der Waals surface area contributed by atoms with Crippen molar-refractivity contribution >= 4 is 46.6 Å². The number of hydrogen-bond donors (Lipinski definition) is 2. The third kappa shape index (κ3) is 6.98. The molecule has 0 aliphatic rings. The normalized spacial score (nSPS) is 11.6. The van der Waals surface area contributed by atoms with Gasteiger partial charge in [-0.1, -0.05) is 29.8 Å². The molecule has 2 aromatic carbocycles. The van der Waals surface area contributed by atoms with E-state index in [9.17, 15) is 9.59 Å². The highest BCUT2D eigenvalue weighted by atomic mass is 35.5. The van der Waals surface area contributed by atoms with Gasteiger partial charge in [-0.25, -0.2) is 0 Å². The number of carbonyl (C=O) groups is 2. The second kappa shape index (κ2) is 11.1. The molecule has 0 saturated heterocycles. The topological polar surface area (TPSA) is 67.4 Å². The first-order chi connectivity index (χ1) is 13.8. The highest BCUT2D eigenvalue weighted by molar-refractivity contribution is 8.00. The molecule has 0 spiro atoms. The molecule has 0 aliphatic carbocycles. The number of halogens is 1.